The molecule has 0 aromatic heterocycles. The average Bonchev–Trinajstić information content (AvgIpc) is 2.50. The number of piperazine rings is 2. The van der Waals surface area contributed by atoms with Crippen LogP contribution in [0.3, 0.4) is 0 Å². The predicted molar refractivity (Wildman–Crippen MR) is 82.2 cm³/mol. The van der Waals surface area contributed by atoms with Crippen molar-refractivity contribution < 1.29 is 15.0 Å². The van der Waals surface area contributed by atoms with Crippen molar-refractivity contribution in [2.75, 3.05) is 78.7 Å². The summed E-state index contributed by atoms with van der Waals surface area (Å²) in [5, 5.41) is 20.5. The van der Waals surface area contributed by atoms with Gasteiger partial charge in [-0.25, -0.2) is 0 Å². The van der Waals surface area contributed by atoms with Gasteiger partial charge in [0.05, 0.1) is 13.2 Å². The standard InChI is InChI=1S/C8H16N2O2.C6H14N2O/c1-8(12)10-4-2-9(3-5-10)6-7-11;9-6-5-8-3-1-7-2-4-8/h11H,2-7H2,1H3;7,9H,1-6H2. The highest BCUT2D eigenvalue weighted by Gasteiger charge is 2.17. The molecule has 1 amide bonds. The molecule has 2 rings (SSSR count). The molecule has 0 aromatic rings. The van der Waals surface area contributed by atoms with Gasteiger partial charge >= 0.3 is 0 Å². The Bertz CT molecular complexity index is 275. The van der Waals surface area contributed by atoms with Crippen molar-refractivity contribution in [3.8, 4) is 0 Å². The first-order chi connectivity index (χ1) is 10.2. The molecule has 0 saturated carbocycles. The SMILES string of the molecule is CC(=O)N1CCN(CCO)CC1.OCCN1CCNCC1. The molecule has 0 aromatic carbocycles. The van der Waals surface area contributed by atoms with E-state index >= 15 is 0 Å². The van der Waals surface area contributed by atoms with Crippen LogP contribution in [0.15, 0.2) is 0 Å². The van der Waals surface area contributed by atoms with Gasteiger partial charge in [-0.15, -0.1) is 0 Å². The number of amides is 1. The van der Waals surface area contributed by atoms with E-state index in [1.165, 1.54) is 0 Å². The smallest absolute Gasteiger partial charge is 0.219 e. The highest BCUT2D eigenvalue weighted by Crippen LogP contribution is 2.00. The predicted octanol–water partition coefficient (Wildman–Crippen LogP) is -1.97. The van der Waals surface area contributed by atoms with E-state index in [4.69, 9.17) is 10.2 Å². The number of rotatable bonds is 4. The van der Waals surface area contributed by atoms with Crippen molar-refractivity contribution in [2.45, 2.75) is 6.92 Å². The van der Waals surface area contributed by atoms with E-state index in [-0.39, 0.29) is 12.5 Å². The number of hydrogen-bond donors (Lipinski definition) is 3. The van der Waals surface area contributed by atoms with Crippen molar-refractivity contribution in [1.82, 2.24) is 20.0 Å². The maximum Gasteiger partial charge on any atom is 0.219 e. The van der Waals surface area contributed by atoms with E-state index in [1.54, 1.807) is 6.92 Å². The van der Waals surface area contributed by atoms with Crippen LogP contribution in [-0.4, -0.2) is 109 Å². The van der Waals surface area contributed by atoms with Crippen LogP contribution in [-0.2, 0) is 4.79 Å². The number of nitrogens with zero attached hydrogens (tertiary/aromatic N) is 3. The molecule has 2 saturated heterocycles. The molecule has 7 nitrogen and oxygen atoms in total. The summed E-state index contributed by atoms with van der Waals surface area (Å²) in [6, 6.07) is 0. The number of aliphatic hydroxyl groups is 2. The van der Waals surface area contributed by atoms with Crippen LogP contribution in [0.2, 0.25) is 0 Å². The zero-order valence-corrected chi connectivity index (χ0v) is 13.1. The molecule has 2 aliphatic rings. The summed E-state index contributed by atoms with van der Waals surface area (Å²) in [5.41, 5.74) is 0. The Morgan fingerprint density at radius 1 is 0.905 bits per heavy atom. The molecule has 0 atom stereocenters. The van der Waals surface area contributed by atoms with Crippen molar-refractivity contribution in [1.29, 1.82) is 0 Å². The second-order valence-electron chi connectivity index (χ2n) is 5.39. The maximum atomic E-state index is 10.9. The molecule has 7 heteroatoms. The number of carbonyl (C=O) groups is 1. The van der Waals surface area contributed by atoms with Gasteiger partial charge in [0.15, 0.2) is 0 Å². The van der Waals surface area contributed by atoms with Crippen LogP contribution in [0.25, 0.3) is 0 Å². The van der Waals surface area contributed by atoms with Crippen molar-refractivity contribution in [3.05, 3.63) is 0 Å². The molecule has 21 heavy (non-hydrogen) atoms. The fourth-order valence-corrected chi connectivity index (χ4v) is 2.50. The summed E-state index contributed by atoms with van der Waals surface area (Å²) in [4.78, 5) is 17.2. The normalized spacial score (nSPS) is 20.8. The Kier molecular flexibility index (Phi) is 9.53. The number of nitrogens with one attached hydrogen (secondary N) is 1. The minimum atomic E-state index is 0.152. The first kappa shape index (κ1) is 18.3. The van der Waals surface area contributed by atoms with Crippen LogP contribution < -0.4 is 5.32 Å². The van der Waals surface area contributed by atoms with E-state index < -0.39 is 0 Å². The molecule has 3 N–H and O–H groups in total. The van der Waals surface area contributed by atoms with Gasteiger partial charge in [0.25, 0.3) is 0 Å². The highest BCUT2D eigenvalue weighted by molar-refractivity contribution is 5.73. The monoisotopic (exact) mass is 302 g/mol. The minimum Gasteiger partial charge on any atom is -0.395 e. The van der Waals surface area contributed by atoms with Gasteiger partial charge in [-0.2, -0.15) is 0 Å². The van der Waals surface area contributed by atoms with E-state index in [2.05, 4.69) is 15.1 Å². The van der Waals surface area contributed by atoms with Gasteiger partial charge in [-0.3, -0.25) is 14.6 Å². The van der Waals surface area contributed by atoms with Crippen LogP contribution in [0.1, 0.15) is 6.92 Å². The summed E-state index contributed by atoms with van der Waals surface area (Å²) in [5.74, 6) is 0.152. The Morgan fingerprint density at radius 2 is 1.38 bits per heavy atom. The van der Waals surface area contributed by atoms with E-state index in [0.29, 0.717) is 6.61 Å². The largest absolute Gasteiger partial charge is 0.395 e. The topological polar surface area (TPSA) is 79.3 Å². The fraction of sp³-hybridized carbons (Fsp3) is 0.929. The first-order valence-corrected chi connectivity index (χ1v) is 7.80. The second kappa shape index (κ2) is 10.9. The lowest BCUT2D eigenvalue weighted by atomic mass is 10.3. The Hall–Kier alpha value is -0.730. The van der Waals surface area contributed by atoms with E-state index in [0.717, 1.165) is 65.4 Å². The van der Waals surface area contributed by atoms with E-state index in [1.807, 2.05) is 4.90 Å². The van der Waals surface area contributed by atoms with Gasteiger partial charge in [0, 0.05) is 72.4 Å². The fourth-order valence-electron chi connectivity index (χ4n) is 2.50. The highest BCUT2D eigenvalue weighted by atomic mass is 16.3. The van der Waals surface area contributed by atoms with Crippen molar-refractivity contribution in [2.24, 2.45) is 0 Å². The molecule has 2 heterocycles. The number of aliphatic hydroxyl groups excluding tert-OH is 2. The van der Waals surface area contributed by atoms with Crippen LogP contribution in [0.4, 0.5) is 0 Å². The third-order valence-corrected chi connectivity index (χ3v) is 3.86. The van der Waals surface area contributed by atoms with Crippen LogP contribution in [0, 0.1) is 0 Å². The second-order valence-corrected chi connectivity index (χ2v) is 5.39. The molecular formula is C14H30N4O3. The first-order valence-electron chi connectivity index (χ1n) is 7.80. The number of hydrogen-bond acceptors (Lipinski definition) is 6. The van der Waals surface area contributed by atoms with Gasteiger partial charge in [0.1, 0.15) is 0 Å². The average molecular weight is 302 g/mol. The van der Waals surface area contributed by atoms with Crippen LogP contribution in [0.5, 0.6) is 0 Å². The lowest BCUT2D eigenvalue weighted by Gasteiger charge is -2.33. The number of carbonyl (C=O) groups excluding carboxylic acids is 1. The Labute approximate surface area is 127 Å². The van der Waals surface area contributed by atoms with E-state index in [9.17, 15) is 4.79 Å². The summed E-state index contributed by atoms with van der Waals surface area (Å²) >= 11 is 0. The van der Waals surface area contributed by atoms with Gasteiger partial charge < -0.3 is 20.4 Å². The van der Waals surface area contributed by atoms with Gasteiger partial charge in [-0.1, -0.05) is 0 Å². The quantitative estimate of drug-likeness (QED) is 0.559. The molecular weight excluding hydrogens is 272 g/mol. The third-order valence-electron chi connectivity index (χ3n) is 3.86. The lowest BCUT2D eigenvalue weighted by Crippen LogP contribution is -2.48. The molecule has 2 fully saturated rings. The van der Waals surface area contributed by atoms with Gasteiger partial charge in [-0.05, 0) is 0 Å². The zero-order valence-electron chi connectivity index (χ0n) is 13.1. The van der Waals surface area contributed by atoms with Crippen molar-refractivity contribution in [3.63, 3.8) is 0 Å². The molecule has 0 spiro atoms. The lowest BCUT2D eigenvalue weighted by molar-refractivity contribution is -0.130. The molecule has 2 aliphatic heterocycles. The Morgan fingerprint density at radius 3 is 1.81 bits per heavy atom. The summed E-state index contributed by atoms with van der Waals surface area (Å²) in [7, 11) is 0. The van der Waals surface area contributed by atoms with Crippen LogP contribution >= 0.6 is 0 Å². The van der Waals surface area contributed by atoms with Crippen molar-refractivity contribution >= 4 is 5.91 Å². The molecule has 0 radical (unpaired) electrons. The zero-order chi connectivity index (χ0) is 15.5. The maximum absolute atomic E-state index is 10.9. The third kappa shape index (κ3) is 7.73. The summed E-state index contributed by atoms with van der Waals surface area (Å²) in [6.45, 7) is 11.3. The Balaban J connectivity index is 0.000000219. The molecule has 0 bridgehead atoms. The molecule has 124 valence electrons. The number of β-amino-alcohol motifs (C(OH)–C–C–N with tert-alkyl or cyclic N) is 2. The van der Waals surface area contributed by atoms with Gasteiger partial charge in [0.2, 0.25) is 5.91 Å². The molecule has 0 unspecified atom stereocenters. The summed E-state index contributed by atoms with van der Waals surface area (Å²) in [6.07, 6.45) is 0. The summed E-state index contributed by atoms with van der Waals surface area (Å²) < 4.78 is 0. The minimum absolute atomic E-state index is 0.152. The molecule has 0 aliphatic carbocycles.